The standard InChI is InChI=1S/C65H50N2/c1-47-30-38-58(45-63(47)60-27-15-14-22-52(60)32-31-48-18-6-2-7-19-48)66(54-23-10-4-11-24-54)56-39-33-49(34-40-56)50-35-41-57(42-36-50)67(55-25-12-5-13-26-55)59-43-37-53-44-64(51-20-8-3-9-21-51)61-28-16-17-29-62(61)65(53)46-59/h2-43,45-46,64H,44H2,1H3/b32-31+. The number of hydrogen-bond acceptors (Lipinski definition) is 2. The molecule has 0 saturated carbocycles. The molecule has 67 heavy (non-hydrogen) atoms. The molecule has 1 unspecified atom stereocenters. The van der Waals surface area contributed by atoms with Gasteiger partial charge in [0.1, 0.15) is 0 Å². The van der Waals surface area contributed by atoms with Crippen LogP contribution in [0.25, 0.3) is 45.5 Å². The van der Waals surface area contributed by atoms with E-state index in [1.807, 2.05) is 0 Å². The molecule has 0 heterocycles. The van der Waals surface area contributed by atoms with Gasteiger partial charge in [0.15, 0.2) is 0 Å². The lowest BCUT2D eigenvalue weighted by atomic mass is 9.75. The molecule has 320 valence electrons. The normalized spacial score (nSPS) is 12.9. The van der Waals surface area contributed by atoms with Crippen molar-refractivity contribution in [1.82, 2.24) is 0 Å². The van der Waals surface area contributed by atoms with E-state index in [9.17, 15) is 0 Å². The molecule has 0 fully saturated rings. The Hall–Kier alpha value is -8.46. The molecule has 2 nitrogen and oxygen atoms in total. The molecule has 0 radical (unpaired) electrons. The van der Waals surface area contributed by atoms with Crippen molar-refractivity contribution >= 4 is 46.3 Å². The van der Waals surface area contributed by atoms with Crippen molar-refractivity contribution in [1.29, 1.82) is 0 Å². The van der Waals surface area contributed by atoms with Crippen molar-refractivity contribution in [2.24, 2.45) is 0 Å². The predicted octanol–water partition coefficient (Wildman–Crippen LogP) is 17.8. The molecule has 10 aromatic rings. The van der Waals surface area contributed by atoms with Crippen molar-refractivity contribution < 1.29 is 0 Å². The van der Waals surface area contributed by atoms with Crippen LogP contribution in [0.2, 0.25) is 0 Å². The summed E-state index contributed by atoms with van der Waals surface area (Å²) in [4.78, 5) is 4.74. The molecule has 0 saturated heterocycles. The molecule has 0 amide bonds. The van der Waals surface area contributed by atoms with Crippen LogP contribution >= 0.6 is 0 Å². The molecular weight excluding hydrogens is 809 g/mol. The van der Waals surface area contributed by atoms with Crippen LogP contribution in [0.1, 0.15) is 39.3 Å². The highest BCUT2D eigenvalue weighted by Gasteiger charge is 2.27. The van der Waals surface area contributed by atoms with Crippen LogP contribution in [0.15, 0.2) is 255 Å². The summed E-state index contributed by atoms with van der Waals surface area (Å²) in [5.74, 6) is 0.334. The first kappa shape index (κ1) is 41.3. The van der Waals surface area contributed by atoms with E-state index in [0.29, 0.717) is 5.92 Å². The van der Waals surface area contributed by atoms with Gasteiger partial charge in [-0.2, -0.15) is 0 Å². The van der Waals surface area contributed by atoms with Crippen LogP contribution < -0.4 is 9.80 Å². The highest BCUT2D eigenvalue weighted by Crippen LogP contribution is 2.46. The number of fused-ring (bicyclic) bond motifs is 3. The SMILES string of the molecule is Cc1ccc(N(c2ccccc2)c2ccc(-c3ccc(N(c4ccccc4)c4ccc5c(c4)-c4ccccc4C(c4ccccc4)C5)cc3)cc2)cc1-c1ccccc1/C=C/c1ccccc1. The van der Waals surface area contributed by atoms with Crippen LogP contribution in [-0.4, -0.2) is 0 Å². The Morgan fingerprint density at radius 3 is 1.43 bits per heavy atom. The van der Waals surface area contributed by atoms with Crippen LogP contribution in [-0.2, 0) is 6.42 Å². The molecule has 11 rings (SSSR count). The Morgan fingerprint density at radius 1 is 0.358 bits per heavy atom. The van der Waals surface area contributed by atoms with E-state index in [-0.39, 0.29) is 0 Å². The fraction of sp³-hybridized carbons (Fsp3) is 0.0462. The van der Waals surface area contributed by atoms with Crippen molar-refractivity contribution in [2.45, 2.75) is 19.3 Å². The number of rotatable bonds is 11. The number of benzene rings is 10. The van der Waals surface area contributed by atoms with Gasteiger partial charge in [0, 0.05) is 40.0 Å². The third-order valence-corrected chi connectivity index (χ3v) is 13.2. The van der Waals surface area contributed by atoms with Gasteiger partial charge in [-0.15, -0.1) is 0 Å². The fourth-order valence-corrected chi connectivity index (χ4v) is 9.82. The van der Waals surface area contributed by atoms with E-state index in [4.69, 9.17) is 0 Å². The first-order valence-corrected chi connectivity index (χ1v) is 23.3. The molecule has 0 N–H and O–H groups in total. The highest BCUT2D eigenvalue weighted by molar-refractivity contribution is 5.88. The molecular formula is C65H50N2. The second kappa shape index (κ2) is 18.6. The summed E-state index contributed by atoms with van der Waals surface area (Å²) < 4.78 is 0. The van der Waals surface area contributed by atoms with Gasteiger partial charge >= 0.3 is 0 Å². The number of hydrogen-bond donors (Lipinski definition) is 0. The van der Waals surface area contributed by atoms with Crippen molar-refractivity contribution in [2.75, 3.05) is 9.80 Å². The van der Waals surface area contributed by atoms with Gasteiger partial charge in [-0.1, -0.05) is 194 Å². The Bertz CT molecular complexity index is 3300. The lowest BCUT2D eigenvalue weighted by Crippen LogP contribution is -2.14. The second-order valence-corrected chi connectivity index (χ2v) is 17.4. The lowest BCUT2D eigenvalue weighted by molar-refractivity contribution is 0.794. The van der Waals surface area contributed by atoms with Crippen molar-refractivity contribution in [3.63, 3.8) is 0 Å². The van der Waals surface area contributed by atoms with E-state index in [1.54, 1.807) is 0 Å². The molecule has 2 heteroatoms. The van der Waals surface area contributed by atoms with Crippen LogP contribution in [0.5, 0.6) is 0 Å². The predicted molar refractivity (Wildman–Crippen MR) is 284 cm³/mol. The Morgan fingerprint density at radius 2 is 0.821 bits per heavy atom. The zero-order chi connectivity index (χ0) is 44.9. The monoisotopic (exact) mass is 858 g/mol. The third kappa shape index (κ3) is 8.50. The zero-order valence-corrected chi connectivity index (χ0v) is 37.6. The lowest BCUT2D eigenvalue weighted by Gasteiger charge is -2.31. The van der Waals surface area contributed by atoms with E-state index < -0.39 is 0 Å². The maximum atomic E-state index is 2.40. The molecule has 0 aromatic heterocycles. The average molecular weight is 859 g/mol. The van der Waals surface area contributed by atoms with E-state index in [0.717, 1.165) is 46.1 Å². The molecule has 10 aromatic carbocycles. The van der Waals surface area contributed by atoms with Gasteiger partial charge in [0.2, 0.25) is 0 Å². The van der Waals surface area contributed by atoms with Crippen molar-refractivity contribution in [3.8, 4) is 33.4 Å². The summed E-state index contributed by atoms with van der Waals surface area (Å²) in [5.41, 5.74) is 21.8. The Labute approximate surface area is 395 Å². The second-order valence-electron chi connectivity index (χ2n) is 17.4. The molecule has 1 aliphatic rings. The summed E-state index contributed by atoms with van der Waals surface area (Å²) in [6.45, 7) is 2.20. The van der Waals surface area contributed by atoms with Crippen molar-refractivity contribution in [3.05, 3.63) is 288 Å². The maximum Gasteiger partial charge on any atom is 0.0467 e. The minimum atomic E-state index is 0.334. The number of aryl methyl sites for hydroxylation is 1. The Balaban J connectivity index is 0.904. The Kier molecular flexibility index (Phi) is 11.4. The molecule has 1 aliphatic carbocycles. The third-order valence-electron chi connectivity index (χ3n) is 13.2. The van der Waals surface area contributed by atoms with Gasteiger partial charge in [-0.3, -0.25) is 0 Å². The summed E-state index contributed by atoms with van der Waals surface area (Å²) >= 11 is 0. The topological polar surface area (TPSA) is 6.48 Å². The van der Waals surface area contributed by atoms with E-state index in [1.165, 1.54) is 61.2 Å². The zero-order valence-electron chi connectivity index (χ0n) is 37.6. The van der Waals surface area contributed by atoms with Gasteiger partial charge in [0.05, 0.1) is 0 Å². The largest absolute Gasteiger partial charge is 0.310 e. The first-order chi connectivity index (χ1) is 33.1. The number of anilines is 6. The number of para-hydroxylation sites is 2. The van der Waals surface area contributed by atoms with Gasteiger partial charge in [-0.25, -0.2) is 0 Å². The average Bonchev–Trinajstić information content (AvgIpc) is 3.40. The van der Waals surface area contributed by atoms with E-state index in [2.05, 4.69) is 284 Å². The molecule has 0 bridgehead atoms. The maximum absolute atomic E-state index is 2.40. The summed E-state index contributed by atoms with van der Waals surface area (Å²) in [5, 5.41) is 0. The first-order valence-electron chi connectivity index (χ1n) is 23.3. The van der Waals surface area contributed by atoms with Gasteiger partial charge < -0.3 is 9.80 Å². The highest BCUT2D eigenvalue weighted by atomic mass is 15.1. The molecule has 0 aliphatic heterocycles. The summed E-state index contributed by atoms with van der Waals surface area (Å²) in [6, 6.07) is 92.4. The number of nitrogens with zero attached hydrogens (tertiary/aromatic N) is 2. The summed E-state index contributed by atoms with van der Waals surface area (Å²) in [6.07, 6.45) is 5.40. The van der Waals surface area contributed by atoms with Crippen LogP contribution in [0.4, 0.5) is 34.1 Å². The smallest absolute Gasteiger partial charge is 0.0467 e. The van der Waals surface area contributed by atoms with Gasteiger partial charge in [0.25, 0.3) is 0 Å². The minimum absolute atomic E-state index is 0.334. The fourth-order valence-electron chi connectivity index (χ4n) is 9.82. The quantitative estimate of drug-likeness (QED) is 0.120. The van der Waals surface area contributed by atoms with Crippen LogP contribution in [0, 0.1) is 6.92 Å². The molecule has 1 atom stereocenters. The van der Waals surface area contributed by atoms with Crippen LogP contribution in [0.3, 0.4) is 0 Å². The summed E-state index contributed by atoms with van der Waals surface area (Å²) in [7, 11) is 0. The van der Waals surface area contributed by atoms with Gasteiger partial charge in [-0.05, 0) is 153 Å². The molecule has 0 spiro atoms. The minimum Gasteiger partial charge on any atom is -0.310 e. The van der Waals surface area contributed by atoms with E-state index >= 15 is 0 Å².